The molecular weight excluding hydrogens is 464 g/mol. The Labute approximate surface area is 210 Å². The van der Waals surface area contributed by atoms with Crippen molar-refractivity contribution >= 4 is 11.9 Å². The molecule has 8 heteroatoms. The standard InChI is InChI=1S/C28H32O8/c29-27(35-23-7-1-19(2-8-23)15-31-16-26-18-34-26)20-3-5-21(6-4-20)28(30)36-24-11-9-22(10-12-24)32-14-13-25-17-33-25/h1-2,7-12,20-21,25-26H,3-6,13-18H2. The van der Waals surface area contributed by atoms with Crippen molar-refractivity contribution in [2.24, 2.45) is 11.8 Å². The van der Waals surface area contributed by atoms with Gasteiger partial charge in [-0.15, -0.1) is 0 Å². The summed E-state index contributed by atoms with van der Waals surface area (Å²) in [6.45, 7) is 3.31. The van der Waals surface area contributed by atoms with Crippen molar-refractivity contribution in [3.63, 3.8) is 0 Å². The van der Waals surface area contributed by atoms with E-state index >= 15 is 0 Å². The van der Waals surface area contributed by atoms with Gasteiger partial charge in [-0.1, -0.05) is 12.1 Å². The fraction of sp³-hybridized carbons (Fsp3) is 0.500. The second-order valence-corrected chi connectivity index (χ2v) is 9.57. The predicted molar refractivity (Wildman–Crippen MR) is 129 cm³/mol. The molecule has 2 atom stereocenters. The van der Waals surface area contributed by atoms with Gasteiger partial charge in [0, 0.05) is 6.42 Å². The van der Waals surface area contributed by atoms with E-state index in [1.807, 2.05) is 12.1 Å². The van der Waals surface area contributed by atoms with Gasteiger partial charge in [0.15, 0.2) is 0 Å². The lowest BCUT2D eigenvalue weighted by Crippen LogP contribution is -2.30. The zero-order chi connectivity index (χ0) is 24.7. The van der Waals surface area contributed by atoms with E-state index in [0.29, 0.717) is 63.1 Å². The Morgan fingerprint density at radius 2 is 1.22 bits per heavy atom. The van der Waals surface area contributed by atoms with Crippen molar-refractivity contribution in [2.45, 2.75) is 50.9 Å². The number of rotatable bonds is 12. The second-order valence-electron chi connectivity index (χ2n) is 9.57. The van der Waals surface area contributed by atoms with E-state index in [1.54, 1.807) is 36.4 Å². The minimum Gasteiger partial charge on any atom is -0.493 e. The molecule has 5 rings (SSSR count). The summed E-state index contributed by atoms with van der Waals surface area (Å²) in [5.41, 5.74) is 1.01. The minimum absolute atomic E-state index is 0.215. The lowest BCUT2D eigenvalue weighted by atomic mass is 9.82. The molecule has 3 fully saturated rings. The molecule has 0 N–H and O–H groups in total. The highest BCUT2D eigenvalue weighted by molar-refractivity contribution is 5.77. The van der Waals surface area contributed by atoms with Crippen LogP contribution in [0, 0.1) is 11.8 Å². The van der Waals surface area contributed by atoms with E-state index in [2.05, 4.69) is 0 Å². The summed E-state index contributed by atoms with van der Waals surface area (Å²) in [6.07, 6.45) is 3.87. The predicted octanol–water partition coefficient (Wildman–Crippen LogP) is 4.09. The first-order valence-electron chi connectivity index (χ1n) is 12.7. The highest BCUT2D eigenvalue weighted by Gasteiger charge is 2.32. The molecule has 2 aromatic carbocycles. The van der Waals surface area contributed by atoms with E-state index in [0.717, 1.165) is 30.9 Å². The lowest BCUT2D eigenvalue weighted by molar-refractivity contribution is -0.145. The third-order valence-corrected chi connectivity index (χ3v) is 6.66. The van der Waals surface area contributed by atoms with Crippen molar-refractivity contribution in [1.82, 2.24) is 0 Å². The van der Waals surface area contributed by atoms with Gasteiger partial charge in [0.05, 0.1) is 51.0 Å². The summed E-state index contributed by atoms with van der Waals surface area (Å²) in [5.74, 6) is 0.809. The van der Waals surface area contributed by atoms with Gasteiger partial charge >= 0.3 is 11.9 Å². The Kier molecular flexibility index (Phi) is 8.15. The molecule has 2 aliphatic heterocycles. The van der Waals surface area contributed by atoms with Crippen LogP contribution in [0.5, 0.6) is 17.2 Å². The van der Waals surface area contributed by atoms with Gasteiger partial charge in [-0.05, 0) is 67.6 Å². The van der Waals surface area contributed by atoms with Gasteiger partial charge < -0.3 is 28.4 Å². The second kappa shape index (κ2) is 11.9. The number of esters is 2. The SMILES string of the molecule is O=C(Oc1ccc(COCC2CO2)cc1)C1CCC(C(=O)Oc2ccc(OCCC3CO3)cc2)CC1. The molecule has 0 bridgehead atoms. The first-order chi connectivity index (χ1) is 17.6. The molecule has 1 saturated carbocycles. The molecule has 3 aliphatic rings. The van der Waals surface area contributed by atoms with Crippen LogP contribution in [0.1, 0.15) is 37.7 Å². The van der Waals surface area contributed by atoms with Crippen molar-refractivity contribution in [3.8, 4) is 17.2 Å². The Morgan fingerprint density at radius 1 is 0.722 bits per heavy atom. The summed E-state index contributed by atoms with van der Waals surface area (Å²) in [7, 11) is 0. The Balaban J connectivity index is 1.00. The van der Waals surface area contributed by atoms with E-state index in [1.165, 1.54) is 0 Å². The maximum absolute atomic E-state index is 12.6. The molecule has 2 heterocycles. The topological polar surface area (TPSA) is 96.1 Å². The van der Waals surface area contributed by atoms with Crippen LogP contribution in [0.3, 0.4) is 0 Å². The Hall–Kier alpha value is -2.94. The van der Waals surface area contributed by atoms with Gasteiger partial charge in [0.1, 0.15) is 23.4 Å². The average Bonchev–Trinajstić information content (AvgIpc) is 3.83. The van der Waals surface area contributed by atoms with Crippen LogP contribution >= 0.6 is 0 Å². The maximum Gasteiger partial charge on any atom is 0.314 e. The molecule has 2 saturated heterocycles. The monoisotopic (exact) mass is 496 g/mol. The molecule has 36 heavy (non-hydrogen) atoms. The third-order valence-electron chi connectivity index (χ3n) is 6.66. The fourth-order valence-corrected chi connectivity index (χ4v) is 4.24. The van der Waals surface area contributed by atoms with Gasteiger partial charge in [-0.2, -0.15) is 0 Å². The molecule has 2 unspecified atom stereocenters. The molecule has 0 aromatic heterocycles. The van der Waals surface area contributed by atoms with Crippen LogP contribution in [0.4, 0.5) is 0 Å². The zero-order valence-corrected chi connectivity index (χ0v) is 20.3. The van der Waals surface area contributed by atoms with Gasteiger partial charge in [-0.25, -0.2) is 0 Å². The van der Waals surface area contributed by atoms with Crippen LogP contribution in [0.15, 0.2) is 48.5 Å². The molecular formula is C28H32O8. The first-order valence-corrected chi connectivity index (χ1v) is 12.7. The van der Waals surface area contributed by atoms with E-state index in [-0.39, 0.29) is 29.9 Å². The van der Waals surface area contributed by atoms with Crippen LogP contribution in [-0.4, -0.2) is 50.6 Å². The first kappa shape index (κ1) is 24.7. The van der Waals surface area contributed by atoms with Crippen molar-refractivity contribution in [3.05, 3.63) is 54.1 Å². The summed E-state index contributed by atoms with van der Waals surface area (Å²) in [4.78, 5) is 25.2. The molecule has 0 amide bonds. The number of carbonyl (C=O) groups is 2. The van der Waals surface area contributed by atoms with E-state index in [9.17, 15) is 9.59 Å². The van der Waals surface area contributed by atoms with E-state index < -0.39 is 0 Å². The highest BCUT2D eigenvalue weighted by atomic mass is 16.6. The van der Waals surface area contributed by atoms with Gasteiger partial charge in [-0.3, -0.25) is 9.59 Å². The van der Waals surface area contributed by atoms with Gasteiger partial charge in [0.2, 0.25) is 0 Å². The number of benzene rings is 2. The lowest BCUT2D eigenvalue weighted by Gasteiger charge is -2.25. The number of carbonyl (C=O) groups excluding carboxylic acids is 2. The highest BCUT2D eigenvalue weighted by Crippen LogP contribution is 2.31. The molecule has 0 spiro atoms. The van der Waals surface area contributed by atoms with Crippen LogP contribution in [0.2, 0.25) is 0 Å². The average molecular weight is 497 g/mol. The van der Waals surface area contributed by atoms with Gasteiger partial charge in [0.25, 0.3) is 0 Å². The molecule has 0 radical (unpaired) electrons. The normalized spacial score (nSPS) is 24.6. The Morgan fingerprint density at radius 3 is 1.75 bits per heavy atom. The minimum atomic E-state index is -0.257. The zero-order valence-electron chi connectivity index (χ0n) is 20.3. The molecule has 2 aromatic rings. The summed E-state index contributed by atoms with van der Waals surface area (Å²) in [6, 6.07) is 14.4. The fourth-order valence-electron chi connectivity index (χ4n) is 4.24. The summed E-state index contributed by atoms with van der Waals surface area (Å²) in [5, 5.41) is 0. The molecule has 192 valence electrons. The number of ether oxygens (including phenoxy) is 6. The van der Waals surface area contributed by atoms with Crippen molar-refractivity contribution in [2.75, 3.05) is 26.4 Å². The number of hydrogen-bond donors (Lipinski definition) is 0. The van der Waals surface area contributed by atoms with Crippen LogP contribution in [0.25, 0.3) is 0 Å². The third kappa shape index (κ3) is 7.53. The maximum atomic E-state index is 12.6. The number of hydrogen-bond acceptors (Lipinski definition) is 8. The smallest absolute Gasteiger partial charge is 0.314 e. The largest absolute Gasteiger partial charge is 0.493 e. The Bertz CT molecular complexity index is 919. The molecule has 1 aliphatic carbocycles. The van der Waals surface area contributed by atoms with Crippen LogP contribution in [-0.2, 0) is 30.4 Å². The summed E-state index contributed by atoms with van der Waals surface area (Å²) >= 11 is 0. The quantitative estimate of drug-likeness (QED) is 0.246. The summed E-state index contributed by atoms with van der Waals surface area (Å²) < 4.78 is 32.7. The number of epoxide rings is 2. The van der Waals surface area contributed by atoms with Crippen molar-refractivity contribution in [1.29, 1.82) is 0 Å². The van der Waals surface area contributed by atoms with Crippen LogP contribution < -0.4 is 14.2 Å². The molecule has 8 nitrogen and oxygen atoms in total. The van der Waals surface area contributed by atoms with E-state index in [4.69, 9.17) is 28.4 Å². The van der Waals surface area contributed by atoms with Crippen molar-refractivity contribution < 1.29 is 38.0 Å².